The Hall–Kier alpha value is -2.37. The zero-order valence-corrected chi connectivity index (χ0v) is 52.7. The summed E-state index contributed by atoms with van der Waals surface area (Å²) in [6, 6.07) is 0. The molecule has 0 aliphatic heterocycles. The Morgan fingerprint density at radius 1 is 0.256 bits per heavy atom. The average molecular weight is 1100 g/mol. The van der Waals surface area contributed by atoms with Crippen molar-refractivity contribution in [2.24, 2.45) is 0 Å². The van der Waals surface area contributed by atoms with Gasteiger partial charge in [-0.3, -0.25) is 14.4 Å². The lowest BCUT2D eigenvalue weighted by Crippen LogP contribution is -2.30. The molecule has 1 unspecified atom stereocenters. The molecule has 0 bridgehead atoms. The maximum atomic E-state index is 12.8. The van der Waals surface area contributed by atoms with E-state index in [-0.39, 0.29) is 31.1 Å². The molecule has 0 N–H and O–H groups in total. The third-order valence-corrected chi connectivity index (χ3v) is 15.8. The van der Waals surface area contributed by atoms with Crippen molar-refractivity contribution in [2.45, 2.75) is 393 Å². The Labute approximate surface area is 486 Å². The molecule has 0 aromatic heterocycles. The Bertz CT molecular complexity index is 1300. The number of allylic oxidation sites excluding steroid dienone is 6. The number of unbranched alkanes of at least 4 members (excludes halogenated alkanes) is 48. The summed E-state index contributed by atoms with van der Waals surface area (Å²) in [7, 11) is 0. The monoisotopic (exact) mass is 1100 g/mol. The predicted molar refractivity (Wildman–Crippen MR) is 339 cm³/mol. The molecule has 1 atom stereocenters. The highest BCUT2D eigenvalue weighted by Crippen LogP contribution is 2.19. The average Bonchev–Trinajstić information content (AvgIpc) is 3.44. The predicted octanol–water partition coefficient (Wildman–Crippen LogP) is 23.9. The van der Waals surface area contributed by atoms with Crippen molar-refractivity contribution in [3.8, 4) is 0 Å². The van der Waals surface area contributed by atoms with Gasteiger partial charge in [-0.25, -0.2) is 0 Å². The summed E-state index contributed by atoms with van der Waals surface area (Å²) in [5.41, 5.74) is 0. The number of carbonyl (C=O) groups excluding carboxylic acids is 3. The number of hydrogen-bond donors (Lipinski definition) is 0. The fourth-order valence-electron chi connectivity index (χ4n) is 10.6. The van der Waals surface area contributed by atoms with Gasteiger partial charge in [0, 0.05) is 19.3 Å². The van der Waals surface area contributed by atoms with E-state index in [4.69, 9.17) is 14.2 Å². The third kappa shape index (κ3) is 64.5. The lowest BCUT2D eigenvalue weighted by atomic mass is 10.0. The van der Waals surface area contributed by atoms with E-state index in [0.29, 0.717) is 19.3 Å². The van der Waals surface area contributed by atoms with Crippen LogP contribution in [0.4, 0.5) is 0 Å². The van der Waals surface area contributed by atoms with Crippen molar-refractivity contribution >= 4 is 17.9 Å². The maximum Gasteiger partial charge on any atom is 0.306 e. The molecule has 0 aromatic carbocycles. The lowest BCUT2D eigenvalue weighted by Gasteiger charge is -2.18. The van der Waals surface area contributed by atoms with E-state index >= 15 is 0 Å². The summed E-state index contributed by atoms with van der Waals surface area (Å²) < 4.78 is 16.9. The fraction of sp³-hybridized carbons (Fsp3) is 0.875. The highest BCUT2D eigenvalue weighted by molar-refractivity contribution is 5.71. The summed E-state index contributed by atoms with van der Waals surface area (Å²) in [5.74, 6) is -0.881. The van der Waals surface area contributed by atoms with Gasteiger partial charge >= 0.3 is 17.9 Å². The summed E-state index contributed by atoms with van der Waals surface area (Å²) in [4.78, 5) is 38.2. The smallest absolute Gasteiger partial charge is 0.306 e. The van der Waals surface area contributed by atoms with Crippen LogP contribution in [0.1, 0.15) is 387 Å². The minimum Gasteiger partial charge on any atom is -0.462 e. The van der Waals surface area contributed by atoms with Gasteiger partial charge in [-0.05, 0) is 70.6 Å². The Morgan fingerprint density at radius 3 is 0.795 bits per heavy atom. The van der Waals surface area contributed by atoms with Crippen molar-refractivity contribution in [2.75, 3.05) is 13.2 Å². The standard InChI is InChI=1S/C72H134O6/c1-4-7-10-13-16-19-22-25-26-27-28-29-30-31-32-33-34-35-36-37-38-39-40-41-42-43-44-45-46-48-50-53-56-59-62-65-71(74)77-68-69(67-76-70(73)64-61-58-55-52-49-24-21-18-15-12-9-6-3)78-72(75)66-63-60-57-54-51-47-23-20-17-14-11-8-5-2/h11,14,18,20-21,23,69H,4-10,12-13,15-17,19,22,24-68H2,1-3H3/b14-11-,21-18-,23-20-. The van der Waals surface area contributed by atoms with Gasteiger partial charge in [0.25, 0.3) is 0 Å². The molecule has 0 aliphatic carbocycles. The van der Waals surface area contributed by atoms with Gasteiger partial charge in [0.15, 0.2) is 6.10 Å². The van der Waals surface area contributed by atoms with E-state index in [1.807, 2.05) is 0 Å². The molecule has 0 saturated heterocycles. The summed E-state index contributed by atoms with van der Waals surface area (Å²) in [6.07, 6.45) is 83.5. The van der Waals surface area contributed by atoms with Crippen molar-refractivity contribution in [1.29, 1.82) is 0 Å². The van der Waals surface area contributed by atoms with Crippen LogP contribution in [0, 0.1) is 0 Å². The Morgan fingerprint density at radius 2 is 0.487 bits per heavy atom. The van der Waals surface area contributed by atoms with Crippen LogP contribution in [-0.4, -0.2) is 37.2 Å². The minimum atomic E-state index is -0.781. The highest BCUT2D eigenvalue weighted by Gasteiger charge is 2.19. The molecule has 78 heavy (non-hydrogen) atoms. The van der Waals surface area contributed by atoms with Gasteiger partial charge in [0.05, 0.1) is 0 Å². The van der Waals surface area contributed by atoms with Crippen LogP contribution < -0.4 is 0 Å². The van der Waals surface area contributed by atoms with Crippen molar-refractivity contribution in [3.05, 3.63) is 36.5 Å². The molecule has 0 heterocycles. The Balaban J connectivity index is 3.98. The fourth-order valence-corrected chi connectivity index (χ4v) is 10.6. The van der Waals surface area contributed by atoms with E-state index in [1.165, 1.54) is 250 Å². The zero-order chi connectivity index (χ0) is 56.4. The lowest BCUT2D eigenvalue weighted by molar-refractivity contribution is -0.167. The first-order valence-electron chi connectivity index (χ1n) is 35.0. The van der Waals surface area contributed by atoms with Gasteiger partial charge in [-0.1, -0.05) is 333 Å². The van der Waals surface area contributed by atoms with Gasteiger partial charge in [-0.15, -0.1) is 0 Å². The molecule has 6 nitrogen and oxygen atoms in total. The summed E-state index contributed by atoms with van der Waals surface area (Å²) >= 11 is 0. The first-order chi connectivity index (χ1) is 38.5. The minimum absolute atomic E-state index is 0.0769. The van der Waals surface area contributed by atoms with Crippen LogP contribution in [0.5, 0.6) is 0 Å². The van der Waals surface area contributed by atoms with Gasteiger partial charge in [0.1, 0.15) is 13.2 Å². The van der Waals surface area contributed by atoms with E-state index in [0.717, 1.165) is 96.3 Å². The van der Waals surface area contributed by atoms with Crippen LogP contribution in [0.2, 0.25) is 0 Å². The molecule has 0 spiro atoms. The van der Waals surface area contributed by atoms with Gasteiger partial charge in [-0.2, -0.15) is 0 Å². The van der Waals surface area contributed by atoms with E-state index in [1.54, 1.807) is 0 Å². The summed E-state index contributed by atoms with van der Waals surface area (Å²) in [6.45, 7) is 6.59. The number of carbonyl (C=O) groups is 3. The molecule has 0 aliphatic rings. The molecule has 0 radical (unpaired) electrons. The Kier molecular flexibility index (Phi) is 65.1. The maximum absolute atomic E-state index is 12.8. The number of ether oxygens (including phenoxy) is 3. The normalized spacial score (nSPS) is 12.2. The number of rotatable bonds is 65. The second kappa shape index (κ2) is 67.1. The molecule has 0 rings (SSSR count). The van der Waals surface area contributed by atoms with Crippen molar-refractivity contribution in [3.63, 3.8) is 0 Å². The topological polar surface area (TPSA) is 78.9 Å². The molecule has 6 heteroatoms. The van der Waals surface area contributed by atoms with Crippen molar-refractivity contribution < 1.29 is 28.6 Å². The SMILES string of the molecule is CCC/C=C\C/C=C\CCCCCCCC(=O)OC(COC(=O)CCCCCCC/C=C\CCCCC)COC(=O)CCCCCCCCCCCCCCCCCCCCCCCCCCCCCCCCCCCCC. The zero-order valence-electron chi connectivity index (χ0n) is 52.7. The second-order valence-corrected chi connectivity index (χ2v) is 23.8. The second-order valence-electron chi connectivity index (χ2n) is 23.8. The molecule has 0 amide bonds. The van der Waals surface area contributed by atoms with Crippen molar-refractivity contribution in [1.82, 2.24) is 0 Å². The third-order valence-electron chi connectivity index (χ3n) is 15.8. The highest BCUT2D eigenvalue weighted by atomic mass is 16.6. The molecular formula is C72H134O6. The quantitative estimate of drug-likeness (QED) is 0.0261. The van der Waals surface area contributed by atoms with E-state index in [9.17, 15) is 14.4 Å². The van der Waals surface area contributed by atoms with Crippen LogP contribution in [-0.2, 0) is 28.6 Å². The number of hydrogen-bond acceptors (Lipinski definition) is 6. The molecule has 0 saturated carbocycles. The van der Waals surface area contributed by atoms with Crippen LogP contribution in [0.15, 0.2) is 36.5 Å². The first kappa shape index (κ1) is 75.6. The van der Waals surface area contributed by atoms with Crippen LogP contribution >= 0.6 is 0 Å². The van der Waals surface area contributed by atoms with Crippen LogP contribution in [0.3, 0.4) is 0 Å². The van der Waals surface area contributed by atoms with Crippen LogP contribution in [0.25, 0.3) is 0 Å². The molecular weight excluding hydrogens is 961 g/mol. The largest absolute Gasteiger partial charge is 0.462 e. The molecule has 0 fully saturated rings. The first-order valence-corrected chi connectivity index (χ1v) is 35.0. The molecule has 0 aromatic rings. The summed E-state index contributed by atoms with van der Waals surface area (Å²) in [5, 5.41) is 0. The van der Waals surface area contributed by atoms with Gasteiger partial charge in [0.2, 0.25) is 0 Å². The van der Waals surface area contributed by atoms with E-state index in [2.05, 4.69) is 57.2 Å². The number of esters is 3. The molecule has 458 valence electrons. The van der Waals surface area contributed by atoms with Gasteiger partial charge < -0.3 is 14.2 Å². The van der Waals surface area contributed by atoms with E-state index < -0.39 is 6.10 Å².